The third-order valence-electron chi connectivity index (χ3n) is 6.75. The van der Waals surface area contributed by atoms with Crippen LogP contribution in [-0.4, -0.2) is 23.2 Å². The van der Waals surface area contributed by atoms with Gasteiger partial charge in [-0.25, -0.2) is 9.79 Å². The molecule has 0 spiro atoms. The first-order chi connectivity index (χ1) is 21.1. The van der Waals surface area contributed by atoms with Gasteiger partial charge in [0.1, 0.15) is 24.1 Å². The van der Waals surface area contributed by atoms with Crippen LogP contribution in [0, 0.1) is 0 Å². The lowest BCUT2D eigenvalue weighted by atomic mass is 9.95. The van der Waals surface area contributed by atoms with E-state index in [0.717, 1.165) is 5.56 Å². The Morgan fingerprint density at radius 2 is 1.77 bits per heavy atom. The molecule has 0 unspecified atom stereocenters. The number of thiazole rings is 1. The molecule has 11 heteroatoms. The van der Waals surface area contributed by atoms with Crippen LogP contribution < -0.4 is 24.4 Å². The molecule has 7 nitrogen and oxygen atoms in total. The summed E-state index contributed by atoms with van der Waals surface area (Å²) in [5.74, 6) is 0.519. The minimum Gasteiger partial charge on any atom is -0.491 e. The molecule has 4 aromatic rings. The van der Waals surface area contributed by atoms with E-state index >= 15 is 0 Å². The Balaban J connectivity index is 1.64. The molecule has 1 aliphatic rings. The first-order valence-electron chi connectivity index (χ1n) is 13.9. The monoisotopic (exact) mass is 670 g/mol. The van der Waals surface area contributed by atoms with E-state index < -0.39 is 12.0 Å². The number of carbonyl (C=O) groups excluding carboxylic acids is 1. The summed E-state index contributed by atoms with van der Waals surface area (Å²) < 4.78 is 19.6. The van der Waals surface area contributed by atoms with Crippen LogP contribution in [0.3, 0.4) is 0 Å². The molecule has 3 aromatic carbocycles. The van der Waals surface area contributed by atoms with Gasteiger partial charge in [-0.05, 0) is 70.2 Å². The van der Waals surface area contributed by atoms with E-state index in [1.807, 2.05) is 38.1 Å². The van der Waals surface area contributed by atoms with E-state index in [1.165, 1.54) is 15.9 Å². The number of esters is 1. The van der Waals surface area contributed by atoms with Crippen molar-refractivity contribution >= 4 is 58.2 Å². The molecule has 5 rings (SSSR count). The van der Waals surface area contributed by atoms with Crippen molar-refractivity contribution in [1.29, 1.82) is 0 Å². The number of hydrogen-bond donors (Lipinski definition) is 0. The zero-order chi connectivity index (χ0) is 31.5. The number of allylic oxidation sites excluding steroid dienone is 1. The number of rotatable bonds is 9. The maximum Gasteiger partial charge on any atom is 0.338 e. The number of hydrogen-bond acceptors (Lipinski definition) is 7. The Morgan fingerprint density at radius 1 is 1.05 bits per heavy atom. The summed E-state index contributed by atoms with van der Waals surface area (Å²) in [6, 6.07) is 16.9. The van der Waals surface area contributed by atoms with E-state index in [9.17, 15) is 9.59 Å². The lowest BCUT2D eigenvalue weighted by molar-refractivity contribution is -0.139. The van der Waals surface area contributed by atoms with Gasteiger partial charge in [0, 0.05) is 31.8 Å². The van der Waals surface area contributed by atoms with Gasteiger partial charge >= 0.3 is 5.97 Å². The predicted molar refractivity (Wildman–Crippen MR) is 175 cm³/mol. The fourth-order valence-electron chi connectivity index (χ4n) is 4.85. The SMILES string of the molecule is CCOC(=O)C1=C(C)N=c2s/c(=C\c3cc(Cl)ccc3OCc3ccc(Cl)cc3Cl)c(=O)n2[C@H]1c1ccccc1OC(C)C. The number of ether oxygens (including phenoxy) is 3. The molecule has 0 aliphatic carbocycles. The number of halogens is 3. The normalized spacial score (nSPS) is 14.8. The molecule has 0 N–H and O–H groups in total. The molecule has 1 aliphatic heterocycles. The summed E-state index contributed by atoms with van der Waals surface area (Å²) >= 11 is 20.0. The van der Waals surface area contributed by atoms with Crippen LogP contribution in [0.1, 0.15) is 50.4 Å². The van der Waals surface area contributed by atoms with Crippen molar-refractivity contribution < 1.29 is 19.0 Å². The maximum atomic E-state index is 14.2. The van der Waals surface area contributed by atoms with Crippen molar-refractivity contribution in [3.8, 4) is 11.5 Å². The highest BCUT2D eigenvalue weighted by molar-refractivity contribution is 7.07. The Bertz CT molecular complexity index is 1950. The smallest absolute Gasteiger partial charge is 0.338 e. The van der Waals surface area contributed by atoms with Crippen molar-refractivity contribution in [2.45, 2.75) is 46.4 Å². The van der Waals surface area contributed by atoms with Crippen molar-refractivity contribution in [3.05, 3.63) is 123 Å². The summed E-state index contributed by atoms with van der Waals surface area (Å²) in [4.78, 5) is 32.6. The second-order valence-electron chi connectivity index (χ2n) is 10.2. The third kappa shape index (κ3) is 6.74. The van der Waals surface area contributed by atoms with Gasteiger partial charge in [0.25, 0.3) is 5.56 Å². The average molecular weight is 672 g/mol. The topological polar surface area (TPSA) is 79.1 Å². The highest BCUT2D eigenvalue weighted by Crippen LogP contribution is 2.36. The number of nitrogens with zero attached hydrogens (tertiary/aromatic N) is 2. The zero-order valence-corrected chi connectivity index (χ0v) is 27.5. The lowest BCUT2D eigenvalue weighted by Crippen LogP contribution is -2.40. The zero-order valence-electron chi connectivity index (χ0n) is 24.4. The number of fused-ring (bicyclic) bond motifs is 1. The van der Waals surface area contributed by atoms with Gasteiger partial charge < -0.3 is 14.2 Å². The Morgan fingerprint density at radius 3 is 2.50 bits per heavy atom. The van der Waals surface area contributed by atoms with Crippen LogP contribution in [0.15, 0.2) is 81.7 Å². The minimum atomic E-state index is -0.815. The summed E-state index contributed by atoms with van der Waals surface area (Å²) in [5, 5.41) is 1.48. The largest absolute Gasteiger partial charge is 0.491 e. The molecule has 0 fully saturated rings. The molecule has 2 heterocycles. The number of benzene rings is 3. The van der Waals surface area contributed by atoms with Crippen LogP contribution in [0.25, 0.3) is 6.08 Å². The van der Waals surface area contributed by atoms with E-state index in [-0.39, 0.29) is 30.5 Å². The van der Waals surface area contributed by atoms with Crippen LogP contribution in [0.5, 0.6) is 11.5 Å². The number of carbonyl (C=O) groups is 1. The Hall–Kier alpha value is -3.56. The Labute approximate surface area is 273 Å². The highest BCUT2D eigenvalue weighted by Gasteiger charge is 2.35. The Kier molecular flexibility index (Phi) is 9.85. The van der Waals surface area contributed by atoms with Crippen LogP contribution in [0.4, 0.5) is 0 Å². The summed E-state index contributed by atoms with van der Waals surface area (Å²) in [7, 11) is 0. The summed E-state index contributed by atoms with van der Waals surface area (Å²) in [6.45, 7) is 7.67. The van der Waals surface area contributed by atoms with Gasteiger partial charge in [-0.1, -0.05) is 70.4 Å². The van der Waals surface area contributed by atoms with Crippen molar-refractivity contribution in [3.63, 3.8) is 0 Å². The van der Waals surface area contributed by atoms with Gasteiger partial charge in [-0.3, -0.25) is 9.36 Å². The fourth-order valence-corrected chi connectivity index (χ4v) is 6.53. The average Bonchev–Trinajstić information content (AvgIpc) is 3.26. The van der Waals surface area contributed by atoms with E-state index in [4.69, 9.17) is 49.0 Å². The van der Waals surface area contributed by atoms with Gasteiger partial charge in [0.2, 0.25) is 0 Å². The van der Waals surface area contributed by atoms with Gasteiger partial charge in [-0.15, -0.1) is 0 Å². The summed E-state index contributed by atoms with van der Waals surface area (Å²) in [6.07, 6.45) is 1.58. The summed E-state index contributed by atoms with van der Waals surface area (Å²) in [5.41, 5.74) is 2.40. The first-order valence-corrected chi connectivity index (χ1v) is 15.8. The highest BCUT2D eigenvalue weighted by atomic mass is 35.5. The van der Waals surface area contributed by atoms with Crippen LogP contribution in [-0.2, 0) is 16.1 Å². The van der Waals surface area contributed by atoms with Crippen LogP contribution in [0.2, 0.25) is 15.1 Å². The fraction of sp³-hybridized carbons (Fsp3) is 0.242. The van der Waals surface area contributed by atoms with Crippen LogP contribution >= 0.6 is 46.1 Å². The predicted octanol–water partition coefficient (Wildman–Crippen LogP) is 7.12. The van der Waals surface area contributed by atoms with E-state index in [2.05, 4.69) is 4.99 Å². The van der Waals surface area contributed by atoms with Gasteiger partial charge in [-0.2, -0.15) is 0 Å². The van der Waals surface area contributed by atoms with Crippen molar-refractivity contribution in [2.24, 2.45) is 4.99 Å². The number of aromatic nitrogens is 1. The molecule has 0 saturated heterocycles. The lowest BCUT2D eigenvalue weighted by Gasteiger charge is -2.26. The molecule has 44 heavy (non-hydrogen) atoms. The van der Waals surface area contributed by atoms with Gasteiger partial charge in [0.05, 0.1) is 28.5 Å². The number of para-hydroxylation sites is 1. The maximum absolute atomic E-state index is 14.2. The van der Waals surface area contributed by atoms with E-state index in [0.29, 0.717) is 52.7 Å². The van der Waals surface area contributed by atoms with Gasteiger partial charge in [0.15, 0.2) is 4.80 Å². The van der Waals surface area contributed by atoms with Crippen molar-refractivity contribution in [1.82, 2.24) is 4.57 Å². The molecule has 0 radical (unpaired) electrons. The van der Waals surface area contributed by atoms with E-state index in [1.54, 1.807) is 56.3 Å². The third-order valence-corrected chi connectivity index (χ3v) is 8.56. The molecular weight excluding hydrogens is 643 g/mol. The molecule has 1 aromatic heterocycles. The molecule has 0 bridgehead atoms. The van der Waals surface area contributed by atoms with Crippen molar-refractivity contribution in [2.75, 3.05) is 6.61 Å². The molecule has 0 saturated carbocycles. The molecule has 228 valence electrons. The minimum absolute atomic E-state index is 0.132. The molecule has 1 atom stereocenters. The second kappa shape index (κ2) is 13.6. The first kappa shape index (κ1) is 31.9. The quantitative estimate of drug-likeness (QED) is 0.177. The molecule has 0 amide bonds. The standard InChI is InChI=1S/C33H29Cl3N2O5S/c1-5-41-32(40)29-19(4)37-33-38(30(29)24-8-6-7-9-27(24)43-18(2)3)31(39)28(44-33)15-21-14-22(34)12-13-26(21)42-17-20-10-11-23(35)16-25(20)36/h6-16,18,30H,5,17H2,1-4H3/b28-15-/t30-/m0/s1. The second-order valence-corrected chi connectivity index (χ2v) is 12.5. The molecular formula is C33H29Cl3N2O5S.